The van der Waals surface area contributed by atoms with Crippen molar-refractivity contribution in [2.24, 2.45) is 0 Å². The first kappa shape index (κ1) is 23.1. The molecule has 2 aliphatic rings. The van der Waals surface area contributed by atoms with Crippen LogP contribution in [0.2, 0.25) is 0 Å². The summed E-state index contributed by atoms with van der Waals surface area (Å²) in [6.45, 7) is 0.472. The van der Waals surface area contributed by atoms with E-state index in [1.807, 2.05) is 0 Å². The Morgan fingerprint density at radius 3 is 2.00 bits per heavy atom. The smallest absolute Gasteiger partial charge is 0.187 e. The standard InChI is InChI=1S/C13H24NO9.Ac/c1-4-7(14)9(18)12(6(3-16)21-4)23-13-11(20)10(19)8(17)5(2-15)22-13;/h4-20H,2-3H2,1H3;/q-1;. The molecule has 0 aromatic heterocycles. The number of hydrogen-bond acceptors (Lipinski definition) is 9. The van der Waals surface area contributed by atoms with Crippen molar-refractivity contribution in [3.05, 3.63) is 5.73 Å². The fourth-order valence-corrected chi connectivity index (χ4v) is 2.79. The second-order valence-corrected chi connectivity index (χ2v) is 5.88. The Balaban J connectivity index is 0.00000288. The number of ether oxygens (including phenoxy) is 3. The molecule has 2 saturated heterocycles. The summed E-state index contributed by atoms with van der Waals surface area (Å²) in [5.74, 6) is 0. The van der Waals surface area contributed by atoms with Gasteiger partial charge in [-0.15, -0.1) is 0 Å². The van der Waals surface area contributed by atoms with Gasteiger partial charge in [0.25, 0.3) is 0 Å². The minimum absolute atomic E-state index is 0. The zero-order valence-electron chi connectivity index (χ0n) is 13.2. The van der Waals surface area contributed by atoms with Crippen LogP contribution in [-0.2, 0) is 14.2 Å². The molecule has 0 aliphatic carbocycles. The summed E-state index contributed by atoms with van der Waals surface area (Å²) in [7, 11) is 0. The van der Waals surface area contributed by atoms with Gasteiger partial charge in [0.05, 0.1) is 19.3 Å². The second kappa shape index (κ2) is 9.83. The van der Waals surface area contributed by atoms with Crippen molar-refractivity contribution in [1.29, 1.82) is 0 Å². The molecule has 11 heteroatoms. The molecule has 10 nitrogen and oxygen atoms in total. The summed E-state index contributed by atoms with van der Waals surface area (Å²) >= 11 is 0. The van der Waals surface area contributed by atoms with E-state index < -0.39 is 74.4 Å². The summed E-state index contributed by atoms with van der Waals surface area (Å²) in [6, 6.07) is -1.03. The molecule has 139 valence electrons. The van der Waals surface area contributed by atoms with Crippen molar-refractivity contribution < 1.29 is 88.9 Å². The summed E-state index contributed by atoms with van der Waals surface area (Å²) in [5, 5.41) is 58.0. The molecule has 10 atom stereocenters. The molecule has 1 radical (unpaired) electrons. The van der Waals surface area contributed by atoms with E-state index in [4.69, 9.17) is 25.1 Å². The third-order valence-electron chi connectivity index (χ3n) is 4.29. The maximum absolute atomic E-state index is 10.2. The third-order valence-corrected chi connectivity index (χ3v) is 4.29. The molecule has 10 unspecified atom stereocenters. The average Bonchev–Trinajstić information content (AvgIpc) is 2.55. The van der Waals surface area contributed by atoms with Crippen molar-refractivity contribution >= 4 is 0 Å². The zero-order valence-corrected chi connectivity index (χ0v) is 17.9. The second-order valence-electron chi connectivity index (χ2n) is 5.88. The monoisotopic (exact) mass is 565 g/mol. The normalized spacial score (nSPS) is 49.5. The first-order chi connectivity index (χ1) is 10.8. The molecule has 2 rings (SSSR count). The topological polar surface area (TPSA) is 173 Å². The summed E-state index contributed by atoms with van der Waals surface area (Å²) in [5.41, 5.74) is 7.83. The minimum atomic E-state index is -1.64. The number of aliphatic hydroxyl groups excluding tert-OH is 6. The number of aliphatic hydroxyl groups is 6. The SMILES string of the molecule is CC1OC(CO)C(OC2OC(CO)C(O)C(O)C2O)C(O)C1[NH-].[Ac]. The van der Waals surface area contributed by atoms with E-state index in [2.05, 4.69) is 0 Å². The van der Waals surface area contributed by atoms with E-state index in [-0.39, 0.29) is 44.1 Å². The molecule has 0 bridgehead atoms. The predicted molar refractivity (Wildman–Crippen MR) is 74.2 cm³/mol. The van der Waals surface area contributed by atoms with Crippen LogP contribution < -0.4 is 0 Å². The summed E-state index contributed by atoms with van der Waals surface area (Å²) in [6.07, 6.45) is -11.5. The van der Waals surface area contributed by atoms with E-state index >= 15 is 0 Å². The molecular weight excluding hydrogens is 541 g/mol. The van der Waals surface area contributed by atoms with Gasteiger partial charge in [0.2, 0.25) is 0 Å². The Morgan fingerprint density at radius 2 is 1.46 bits per heavy atom. The van der Waals surface area contributed by atoms with Crippen LogP contribution in [0.4, 0.5) is 0 Å². The van der Waals surface area contributed by atoms with Gasteiger partial charge in [-0.1, -0.05) is 6.04 Å². The van der Waals surface area contributed by atoms with Crippen molar-refractivity contribution in [3.63, 3.8) is 0 Å². The van der Waals surface area contributed by atoms with Crippen LogP contribution in [0.3, 0.4) is 0 Å². The molecule has 0 aromatic carbocycles. The van der Waals surface area contributed by atoms with Crippen molar-refractivity contribution in [2.75, 3.05) is 13.2 Å². The van der Waals surface area contributed by atoms with Crippen LogP contribution in [0.1, 0.15) is 6.92 Å². The van der Waals surface area contributed by atoms with E-state index in [0.29, 0.717) is 0 Å². The van der Waals surface area contributed by atoms with Gasteiger partial charge in [-0.3, -0.25) is 0 Å². The van der Waals surface area contributed by atoms with Crippen molar-refractivity contribution in [2.45, 2.75) is 68.1 Å². The molecule has 2 aliphatic heterocycles. The largest absolute Gasteiger partial charge is 0.670 e. The van der Waals surface area contributed by atoms with Crippen LogP contribution in [0.25, 0.3) is 5.73 Å². The Morgan fingerprint density at radius 1 is 0.875 bits per heavy atom. The minimum Gasteiger partial charge on any atom is -0.670 e. The molecular formula is C13H24AcNO9-. The van der Waals surface area contributed by atoms with Gasteiger partial charge in [-0.2, -0.15) is 0 Å². The first-order valence-corrected chi connectivity index (χ1v) is 7.43. The molecule has 24 heavy (non-hydrogen) atoms. The van der Waals surface area contributed by atoms with Gasteiger partial charge in [0.15, 0.2) is 6.29 Å². The molecule has 2 heterocycles. The van der Waals surface area contributed by atoms with E-state index in [9.17, 15) is 25.5 Å². The van der Waals surface area contributed by atoms with Gasteiger partial charge < -0.3 is 50.6 Å². The van der Waals surface area contributed by atoms with E-state index in [1.165, 1.54) is 0 Å². The first-order valence-electron chi connectivity index (χ1n) is 7.43. The van der Waals surface area contributed by atoms with Crippen molar-refractivity contribution in [1.82, 2.24) is 0 Å². The molecule has 0 amide bonds. The molecule has 0 aromatic rings. The Bertz CT molecular complexity index is 388. The van der Waals surface area contributed by atoms with Crippen LogP contribution >= 0.6 is 0 Å². The number of rotatable bonds is 4. The Hall–Kier alpha value is 1.04. The van der Waals surface area contributed by atoms with E-state index in [0.717, 1.165) is 0 Å². The number of nitrogens with one attached hydrogen (secondary N) is 1. The van der Waals surface area contributed by atoms with Gasteiger partial charge in [0.1, 0.15) is 36.6 Å². The van der Waals surface area contributed by atoms with Gasteiger partial charge >= 0.3 is 0 Å². The third kappa shape index (κ3) is 4.65. The van der Waals surface area contributed by atoms with Crippen molar-refractivity contribution in [3.8, 4) is 0 Å². The van der Waals surface area contributed by atoms with Crippen LogP contribution in [-0.4, -0.2) is 105 Å². The fourth-order valence-electron chi connectivity index (χ4n) is 2.79. The molecule has 0 saturated carbocycles. The average molecular weight is 565 g/mol. The molecule has 7 N–H and O–H groups in total. The summed E-state index contributed by atoms with van der Waals surface area (Å²) < 4.78 is 16.0. The van der Waals surface area contributed by atoms with Crippen LogP contribution in [0.5, 0.6) is 0 Å². The van der Waals surface area contributed by atoms with Gasteiger partial charge in [-0.25, -0.2) is 0 Å². The predicted octanol–water partition coefficient (Wildman–Crippen LogP) is -3.27. The Labute approximate surface area is 175 Å². The van der Waals surface area contributed by atoms with Crippen LogP contribution in [0, 0.1) is 44.1 Å². The quantitative estimate of drug-likeness (QED) is 0.205. The maximum Gasteiger partial charge on any atom is 0.187 e. The zero-order chi connectivity index (χ0) is 17.3. The van der Waals surface area contributed by atoms with Crippen LogP contribution in [0.15, 0.2) is 0 Å². The number of hydrogen-bond donors (Lipinski definition) is 6. The fraction of sp³-hybridized carbons (Fsp3) is 1.00. The Kier molecular flexibility index (Phi) is 9.45. The molecule has 0 spiro atoms. The van der Waals surface area contributed by atoms with Gasteiger partial charge in [-0.05, 0) is 6.92 Å². The van der Waals surface area contributed by atoms with Gasteiger partial charge in [0, 0.05) is 50.2 Å². The maximum atomic E-state index is 10.2. The van der Waals surface area contributed by atoms with E-state index in [1.54, 1.807) is 6.92 Å². The summed E-state index contributed by atoms with van der Waals surface area (Å²) in [4.78, 5) is 0. The molecule has 2 fully saturated rings.